The molecule has 1 aromatic rings. The molecule has 0 bridgehead atoms. The van der Waals surface area contributed by atoms with E-state index in [2.05, 4.69) is 4.74 Å². The number of hydrogen-bond acceptors (Lipinski definition) is 3. The topological polar surface area (TPSA) is 55.5 Å². The third-order valence-electron chi connectivity index (χ3n) is 3.42. The quantitative estimate of drug-likeness (QED) is 0.860. The van der Waals surface area contributed by atoms with Gasteiger partial charge in [-0.25, -0.2) is 0 Å². The molecule has 0 heterocycles. The molecule has 1 aromatic carbocycles. The standard InChI is InChI=1S/C12H14F3NO2/c1-18-10-8(12(13,14)15)4-3-7(9(10)17)11(16)5-2-6-11/h3-4,17H,2,5-6,16H2,1H3. The number of ether oxygens (including phenoxy) is 1. The van der Waals surface area contributed by atoms with Gasteiger partial charge in [-0.05, 0) is 25.3 Å². The van der Waals surface area contributed by atoms with Crippen molar-refractivity contribution in [2.75, 3.05) is 7.11 Å². The molecule has 3 N–H and O–H groups in total. The molecule has 0 atom stereocenters. The lowest BCUT2D eigenvalue weighted by Crippen LogP contribution is -2.43. The molecule has 0 amide bonds. The van der Waals surface area contributed by atoms with Crippen LogP contribution in [0.3, 0.4) is 0 Å². The summed E-state index contributed by atoms with van der Waals surface area (Å²) in [4.78, 5) is 0. The number of rotatable bonds is 2. The molecule has 1 saturated carbocycles. The summed E-state index contributed by atoms with van der Waals surface area (Å²) in [5.74, 6) is -1.06. The first-order valence-electron chi connectivity index (χ1n) is 5.56. The maximum atomic E-state index is 12.7. The van der Waals surface area contributed by atoms with Crippen molar-refractivity contribution in [3.05, 3.63) is 23.3 Å². The predicted octanol–water partition coefficient (Wildman–Crippen LogP) is 2.76. The van der Waals surface area contributed by atoms with Crippen molar-refractivity contribution in [3.63, 3.8) is 0 Å². The van der Waals surface area contributed by atoms with Crippen molar-refractivity contribution in [2.45, 2.75) is 31.0 Å². The summed E-state index contributed by atoms with van der Waals surface area (Å²) >= 11 is 0. The number of halogens is 3. The second-order valence-corrected chi connectivity index (χ2v) is 4.55. The average molecular weight is 261 g/mol. The van der Waals surface area contributed by atoms with Gasteiger partial charge in [0.2, 0.25) is 0 Å². The molecular formula is C12H14F3NO2. The number of aromatic hydroxyl groups is 1. The van der Waals surface area contributed by atoms with Crippen molar-refractivity contribution in [3.8, 4) is 11.5 Å². The number of phenols is 1. The molecule has 3 nitrogen and oxygen atoms in total. The van der Waals surface area contributed by atoms with Gasteiger partial charge in [0.05, 0.1) is 7.11 Å². The molecule has 100 valence electrons. The molecular weight excluding hydrogens is 247 g/mol. The summed E-state index contributed by atoms with van der Waals surface area (Å²) in [5.41, 5.74) is 4.60. The first-order valence-corrected chi connectivity index (χ1v) is 5.56. The van der Waals surface area contributed by atoms with Gasteiger partial charge in [0.25, 0.3) is 0 Å². The minimum Gasteiger partial charge on any atom is -0.504 e. The van der Waals surface area contributed by atoms with Crippen molar-refractivity contribution < 1.29 is 23.0 Å². The fourth-order valence-corrected chi connectivity index (χ4v) is 2.23. The van der Waals surface area contributed by atoms with E-state index in [1.807, 2.05) is 0 Å². The van der Waals surface area contributed by atoms with Crippen molar-refractivity contribution in [2.24, 2.45) is 5.73 Å². The summed E-state index contributed by atoms with van der Waals surface area (Å²) in [7, 11) is 1.10. The van der Waals surface area contributed by atoms with Gasteiger partial charge < -0.3 is 15.6 Å². The smallest absolute Gasteiger partial charge is 0.420 e. The first kappa shape index (κ1) is 13.0. The van der Waals surface area contributed by atoms with E-state index in [1.54, 1.807) is 0 Å². The lowest BCUT2D eigenvalue weighted by Gasteiger charge is -2.39. The average Bonchev–Trinajstić information content (AvgIpc) is 2.24. The van der Waals surface area contributed by atoms with E-state index >= 15 is 0 Å². The van der Waals surface area contributed by atoms with Gasteiger partial charge in [-0.1, -0.05) is 6.07 Å². The Labute approximate surface area is 102 Å². The zero-order valence-corrected chi connectivity index (χ0v) is 9.84. The maximum Gasteiger partial charge on any atom is 0.420 e. The Morgan fingerprint density at radius 1 is 1.33 bits per heavy atom. The highest BCUT2D eigenvalue weighted by Crippen LogP contribution is 2.49. The number of benzene rings is 1. The Kier molecular flexibility index (Phi) is 2.93. The lowest BCUT2D eigenvalue weighted by molar-refractivity contribution is -0.138. The third kappa shape index (κ3) is 1.90. The highest BCUT2D eigenvalue weighted by Gasteiger charge is 2.41. The molecule has 0 unspecified atom stereocenters. The largest absolute Gasteiger partial charge is 0.504 e. The molecule has 0 saturated heterocycles. The molecule has 0 aliphatic heterocycles. The molecule has 2 rings (SSSR count). The Bertz CT molecular complexity index is 467. The van der Waals surface area contributed by atoms with Gasteiger partial charge in [0.15, 0.2) is 11.5 Å². The molecule has 0 radical (unpaired) electrons. The molecule has 0 spiro atoms. The predicted molar refractivity (Wildman–Crippen MR) is 59.4 cm³/mol. The summed E-state index contributed by atoms with van der Waals surface area (Å²) in [5, 5.41) is 9.93. The highest BCUT2D eigenvalue weighted by molar-refractivity contribution is 5.55. The van der Waals surface area contributed by atoms with Crippen LogP contribution in [0.5, 0.6) is 11.5 Å². The zero-order valence-electron chi connectivity index (χ0n) is 9.84. The van der Waals surface area contributed by atoms with E-state index in [0.717, 1.165) is 19.6 Å². The molecule has 1 fully saturated rings. The number of nitrogens with two attached hydrogens (primary N) is 1. The first-order chi connectivity index (χ1) is 8.29. The number of methoxy groups -OCH3 is 1. The molecule has 6 heteroatoms. The summed E-state index contributed by atoms with van der Waals surface area (Å²) in [6.07, 6.45) is -2.37. The van der Waals surface area contributed by atoms with Crippen LogP contribution in [0.4, 0.5) is 13.2 Å². The fraction of sp³-hybridized carbons (Fsp3) is 0.500. The van der Waals surface area contributed by atoms with E-state index in [9.17, 15) is 18.3 Å². The number of hydrogen-bond donors (Lipinski definition) is 2. The van der Waals surface area contributed by atoms with Gasteiger partial charge in [0.1, 0.15) is 5.56 Å². The SMILES string of the molecule is COc1c(C(F)(F)F)ccc(C2(N)CCC2)c1O. The van der Waals surface area contributed by atoms with Crippen LogP contribution in [0.15, 0.2) is 12.1 Å². The highest BCUT2D eigenvalue weighted by atomic mass is 19.4. The van der Waals surface area contributed by atoms with Crippen LogP contribution in [0.2, 0.25) is 0 Å². The van der Waals surface area contributed by atoms with Gasteiger partial charge in [-0.15, -0.1) is 0 Å². The minimum absolute atomic E-state index is 0.318. The van der Waals surface area contributed by atoms with Crippen molar-refractivity contribution in [1.29, 1.82) is 0 Å². The number of alkyl halides is 3. The maximum absolute atomic E-state index is 12.7. The van der Waals surface area contributed by atoms with E-state index < -0.39 is 28.8 Å². The van der Waals surface area contributed by atoms with Gasteiger partial charge in [-0.2, -0.15) is 13.2 Å². The van der Waals surface area contributed by atoms with Crippen LogP contribution in [0, 0.1) is 0 Å². The number of phenolic OH excluding ortho intramolecular Hbond substituents is 1. The van der Waals surface area contributed by atoms with Crippen LogP contribution < -0.4 is 10.5 Å². The zero-order chi connectivity index (χ0) is 13.6. The minimum atomic E-state index is -4.57. The second-order valence-electron chi connectivity index (χ2n) is 4.55. The van der Waals surface area contributed by atoms with Crippen molar-refractivity contribution in [1.82, 2.24) is 0 Å². The Hall–Kier alpha value is -1.43. The summed E-state index contributed by atoms with van der Waals surface area (Å²) in [6.45, 7) is 0. The van der Waals surface area contributed by atoms with Crippen LogP contribution >= 0.6 is 0 Å². The fourth-order valence-electron chi connectivity index (χ4n) is 2.23. The molecule has 0 aromatic heterocycles. The van der Waals surface area contributed by atoms with E-state index in [-0.39, 0.29) is 0 Å². The molecule has 18 heavy (non-hydrogen) atoms. The van der Waals surface area contributed by atoms with Gasteiger partial charge in [-0.3, -0.25) is 0 Å². The van der Waals surface area contributed by atoms with E-state index in [1.165, 1.54) is 6.07 Å². The Morgan fingerprint density at radius 2 is 1.94 bits per heavy atom. The van der Waals surface area contributed by atoms with Crippen molar-refractivity contribution >= 4 is 0 Å². The normalized spacial score (nSPS) is 18.3. The summed E-state index contributed by atoms with van der Waals surface area (Å²) < 4.78 is 42.8. The molecule has 1 aliphatic carbocycles. The van der Waals surface area contributed by atoms with Crippen LogP contribution in [0.25, 0.3) is 0 Å². The molecule has 1 aliphatic rings. The van der Waals surface area contributed by atoms with Crippen LogP contribution in [-0.4, -0.2) is 12.2 Å². The van der Waals surface area contributed by atoms with Crippen LogP contribution in [0.1, 0.15) is 30.4 Å². The Balaban J connectivity index is 2.55. The monoisotopic (exact) mass is 261 g/mol. The third-order valence-corrected chi connectivity index (χ3v) is 3.42. The van der Waals surface area contributed by atoms with E-state index in [0.29, 0.717) is 18.4 Å². The van der Waals surface area contributed by atoms with Gasteiger partial charge in [0, 0.05) is 11.1 Å². The van der Waals surface area contributed by atoms with Crippen LogP contribution in [-0.2, 0) is 11.7 Å². The Morgan fingerprint density at radius 3 is 2.33 bits per heavy atom. The lowest BCUT2D eigenvalue weighted by atomic mass is 9.72. The summed E-state index contributed by atoms with van der Waals surface area (Å²) in [6, 6.07) is 2.14. The second kappa shape index (κ2) is 4.05. The van der Waals surface area contributed by atoms with Gasteiger partial charge >= 0.3 is 6.18 Å². The van der Waals surface area contributed by atoms with E-state index in [4.69, 9.17) is 5.73 Å².